The van der Waals surface area contributed by atoms with E-state index in [1.807, 2.05) is 0 Å². The molecule has 0 aromatic carbocycles. The van der Waals surface area contributed by atoms with Crippen LogP contribution in [-0.2, 0) is 22.4 Å². The molecule has 4 saturated carbocycles. The van der Waals surface area contributed by atoms with Crippen molar-refractivity contribution >= 4 is 28.7 Å². The molecule has 7 rings (SSSR count). The van der Waals surface area contributed by atoms with Crippen molar-refractivity contribution in [3.8, 4) is 0 Å². The first-order valence-electron chi connectivity index (χ1n) is 12.1. The zero-order chi connectivity index (χ0) is 22.9. The third-order valence-electron chi connectivity index (χ3n) is 8.24. The summed E-state index contributed by atoms with van der Waals surface area (Å²) in [5, 5.41) is 28.6. The summed E-state index contributed by atoms with van der Waals surface area (Å²) in [7, 11) is 0. The molecule has 5 aliphatic carbocycles. The lowest BCUT2D eigenvalue weighted by molar-refractivity contribution is -0.148. The van der Waals surface area contributed by atoms with Crippen LogP contribution in [0.5, 0.6) is 0 Å². The Kier molecular flexibility index (Phi) is 4.75. The smallest absolute Gasteiger partial charge is 0.288 e. The number of hydrogen-bond acceptors (Lipinski definition) is 6. The van der Waals surface area contributed by atoms with Crippen molar-refractivity contribution in [2.45, 2.75) is 69.6 Å². The second-order valence-corrected chi connectivity index (χ2v) is 10.7. The molecule has 4 fully saturated rings. The molecule has 0 aliphatic heterocycles. The lowest BCUT2D eigenvalue weighted by Gasteiger charge is -2.58. The predicted octanol–water partition coefficient (Wildman–Crippen LogP) is 1.72. The number of aliphatic hydroxyl groups excluding tert-OH is 1. The van der Waals surface area contributed by atoms with Gasteiger partial charge in [-0.3, -0.25) is 19.3 Å². The van der Waals surface area contributed by atoms with Crippen LogP contribution in [0.25, 0.3) is 17.0 Å². The molecule has 5 aliphatic rings. The molecule has 4 bridgehead atoms. The maximum Gasteiger partial charge on any atom is 0.288 e. The topological polar surface area (TPSA) is 117 Å². The number of amides is 1. The molecule has 2 aromatic heterocycles. The van der Waals surface area contributed by atoms with Crippen molar-refractivity contribution in [3.63, 3.8) is 0 Å². The van der Waals surface area contributed by atoms with E-state index in [0.29, 0.717) is 23.4 Å². The number of allylic oxidation sites excluding steroid dienone is 1. The molecule has 33 heavy (non-hydrogen) atoms. The molecular formula is C25H30N4O4. The summed E-state index contributed by atoms with van der Waals surface area (Å²) < 4.78 is 2.12. The van der Waals surface area contributed by atoms with Gasteiger partial charge in [0.2, 0.25) is 5.78 Å². The fourth-order valence-electron chi connectivity index (χ4n) is 7.16. The number of Topliss-reactive ketones (excluding diaryl/α,β-unsaturated/α-hetero) is 1. The standard InChI is InChI=1S/C25H30N4O4/c1-13(12-30)27-24(32)21(31)7-20-18-11-26-19-4-2-3-17(19)23(18)29(28-20)22-15-5-14-6-16(22)10-25(33,8-14)9-15/h2-3,11,13-16,22,30,33H,4-10,12H2,1H3,(H,27,32)/t13-,14?,15-,16+,22?,25?/m0/s1. The third-order valence-corrected chi connectivity index (χ3v) is 8.24. The van der Waals surface area contributed by atoms with Gasteiger partial charge >= 0.3 is 0 Å². The lowest BCUT2D eigenvalue weighted by Crippen LogP contribution is -2.55. The highest BCUT2D eigenvalue weighted by molar-refractivity contribution is 6.36. The molecule has 0 radical (unpaired) electrons. The molecule has 6 atom stereocenters. The number of ketones is 1. The Bertz CT molecular complexity index is 1170. The minimum atomic E-state index is -0.704. The average molecular weight is 451 g/mol. The van der Waals surface area contributed by atoms with Crippen molar-refractivity contribution in [2.24, 2.45) is 17.8 Å². The number of fused-ring (bicyclic) bond motifs is 3. The Morgan fingerprint density at radius 1 is 1.27 bits per heavy atom. The third kappa shape index (κ3) is 3.34. The highest BCUT2D eigenvalue weighted by Crippen LogP contribution is 2.60. The van der Waals surface area contributed by atoms with Crippen LogP contribution in [0.2, 0.25) is 0 Å². The fourth-order valence-corrected chi connectivity index (χ4v) is 7.16. The van der Waals surface area contributed by atoms with E-state index in [-0.39, 0.29) is 19.1 Å². The highest BCUT2D eigenvalue weighted by Gasteiger charge is 2.56. The van der Waals surface area contributed by atoms with Crippen molar-refractivity contribution in [3.05, 3.63) is 29.2 Å². The number of nitrogens with one attached hydrogen (secondary N) is 1. The number of carbonyl (C=O) groups excluding carboxylic acids is 2. The maximum absolute atomic E-state index is 12.7. The summed E-state index contributed by atoms with van der Waals surface area (Å²) in [5.74, 6) is 0.0603. The second kappa shape index (κ2) is 7.46. The van der Waals surface area contributed by atoms with Gasteiger partial charge in [0.1, 0.15) is 0 Å². The largest absolute Gasteiger partial charge is 0.394 e. The number of hydrogen-bond donors (Lipinski definition) is 3. The second-order valence-electron chi connectivity index (χ2n) is 10.7. The lowest BCUT2D eigenvalue weighted by atomic mass is 9.52. The van der Waals surface area contributed by atoms with E-state index in [2.05, 4.69) is 27.1 Å². The molecule has 8 heteroatoms. The van der Waals surface area contributed by atoms with E-state index >= 15 is 0 Å². The molecule has 3 unspecified atom stereocenters. The summed E-state index contributed by atoms with van der Waals surface area (Å²) >= 11 is 0. The van der Waals surface area contributed by atoms with Crippen molar-refractivity contribution in [1.82, 2.24) is 20.1 Å². The van der Waals surface area contributed by atoms with Gasteiger partial charge in [0.25, 0.3) is 5.91 Å². The molecular weight excluding hydrogens is 420 g/mol. The Morgan fingerprint density at radius 2 is 2.03 bits per heavy atom. The van der Waals surface area contributed by atoms with Crippen molar-refractivity contribution < 1.29 is 19.8 Å². The Balaban J connectivity index is 1.40. The Morgan fingerprint density at radius 3 is 2.73 bits per heavy atom. The van der Waals surface area contributed by atoms with Crippen LogP contribution in [0.1, 0.15) is 62.0 Å². The fraction of sp³-hybridized carbons (Fsp3) is 0.600. The van der Waals surface area contributed by atoms with Crippen LogP contribution in [0.15, 0.2) is 12.3 Å². The van der Waals surface area contributed by atoms with Gasteiger partial charge in [0.05, 0.1) is 41.6 Å². The molecule has 0 spiro atoms. The molecule has 174 valence electrons. The van der Waals surface area contributed by atoms with E-state index < -0.39 is 23.3 Å². The minimum absolute atomic E-state index is 0.105. The first-order valence-corrected chi connectivity index (χ1v) is 12.1. The van der Waals surface area contributed by atoms with Crippen LogP contribution in [0.3, 0.4) is 0 Å². The van der Waals surface area contributed by atoms with E-state index in [1.165, 1.54) is 0 Å². The number of nitrogens with zero attached hydrogens (tertiary/aromatic N) is 3. The van der Waals surface area contributed by atoms with Crippen LogP contribution < -0.4 is 5.32 Å². The predicted molar refractivity (Wildman–Crippen MR) is 121 cm³/mol. The molecule has 8 nitrogen and oxygen atoms in total. The van der Waals surface area contributed by atoms with Crippen molar-refractivity contribution in [2.75, 3.05) is 6.61 Å². The summed E-state index contributed by atoms with van der Waals surface area (Å²) in [4.78, 5) is 29.6. The first kappa shape index (κ1) is 21.0. The molecule has 0 saturated heterocycles. The van der Waals surface area contributed by atoms with Gasteiger partial charge in [0, 0.05) is 29.6 Å². The van der Waals surface area contributed by atoms with Crippen LogP contribution in [0, 0.1) is 17.8 Å². The Labute approximate surface area is 192 Å². The summed E-state index contributed by atoms with van der Waals surface area (Å²) in [5.41, 5.74) is 3.12. The molecule has 2 heterocycles. The normalized spacial score (nSPS) is 32.3. The SMILES string of the molecule is C[C@@H](CO)NC(=O)C(=O)Cc1nn(C2[C@@H]3CC4C[C@H]2CC(O)(C4)C3)c2c3c(ncc12)CC=C3. The van der Waals surface area contributed by atoms with Crippen molar-refractivity contribution in [1.29, 1.82) is 0 Å². The number of aromatic nitrogens is 3. The van der Waals surface area contributed by atoms with Crippen LogP contribution in [0.4, 0.5) is 0 Å². The van der Waals surface area contributed by atoms with E-state index in [9.17, 15) is 19.8 Å². The van der Waals surface area contributed by atoms with Gasteiger partial charge in [-0.2, -0.15) is 5.10 Å². The molecule has 3 N–H and O–H groups in total. The minimum Gasteiger partial charge on any atom is -0.394 e. The van der Waals surface area contributed by atoms with Gasteiger partial charge in [-0.15, -0.1) is 0 Å². The monoisotopic (exact) mass is 450 g/mol. The van der Waals surface area contributed by atoms with E-state index in [1.54, 1.807) is 13.1 Å². The van der Waals surface area contributed by atoms with Crippen LogP contribution in [-0.4, -0.2) is 54.9 Å². The summed E-state index contributed by atoms with van der Waals surface area (Å²) in [6.07, 6.45) is 11.4. The quantitative estimate of drug-likeness (QED) is 0.577. The van der Waals surface area contributed by atoms with E-state index in [4.69, 9.17) is 5.10 Å². The first-order chi connectivity index (χ1) is 15.8. The number of aliphatic hydroxyl groups is 2. The van der Waals surface area contributed by atoms with Gasteiger partial charge in [-0.25, -0.2) is 0 Å². The number of pyridine rings is 1. The zero-order valence-electron chi connectivity index (χ0n) is 18.8. The summed E-state index contributed by atoms with van der Waals surface area (Å²) in [6, 6.07) is -0.290. The van der Waals surface area contributed by atoms with Gasteiger partial charge in [-0.1, -0.05) is 12.2 Å². The Hall–Kier alpha value is -2.58. The maximum atomic E-state index is 12.7. The number of rotatable bonds is 6. The highest BCUT2D eigenvalue weighted by atomic mass is 16.3. The summed E-state index contributed by atoms with van der Waals surface area (Å²) in [6.45, 7) is 1.42. The molecule has 2 aromatic rings. The number of carbonyl (C=O) groups is 2. The van der Waals surface area contributed by atoms with Crippen LogP contribution >= 0.6 is 0 Å². The zero-order valence-corrected chi connectivity index (χ0v) is 18.8. The average Bonchev–Trinajstić information content (AvgIpc) is 3.37. The van der Waals surface area contributed by atoms with Gasteiger partial charge in [0.15, 0.2) is 0 Å². The van der Waals surface area contributed by atoms with Gasteiger partial charge < -0.3 is 15.5 Å². The molecule has 1 amide bonds. The van der Waals surface area contributed by atoms with Gasteiger partial charge in [-0.05, 0) is 56.8 Å². The van der Waals surface area contributed by atoms with E-state index in [0.717, 1.165) is 60.7 Å².